The fraction of sp³-hybridized carbons (Fsp3) is 0. The maximum atomic E-state index is 5.25. The van der Waals surface area contributed by atoms with Gasteiger partial charge in [0.2, 0.25) is 0 Å². The summed E-state index contributed by atoms with van der Waals surface area (Å²) in [6.45, 7) is 0. The molecule has 0 radical (unpaired) electrons. The fourth-order valence-corrected chi connectivity index (χ4v) is 8.62. The molecule has 0 saturated heterocycles. The van der Waals surface area contributed by atoms with Crippen LogP contribution in [0.3, 0.4) is 0 Å². The average Bonchev–Trinajstić information content (AvgIpc) is 3.68. The van der Waals surface area contributed by atoms with Gasteiger partial charge in [-0.2, -0.15) is 0 Å². The van der Waals surface area contributed by atoms with Crippen LogP contribution in [0, 0.1) is 0 Å². The zero-order valence-corrected chi connectivity index (χ0v) is 23.5. The number of hydrogen-bond acceptors (Lipinski definition) is 3. The van der Waals surface area contributed by atoms with Gasteiger partial charge in [-0.1, -0.05) is 0 Å². The van der Waals surface area contributed by atoms with Gasteiger partial charge in [-0.15, -0.1) is 0 Å². The number of hydrogen-bond donors (Lipinski definition) is 0. The van der Waals surface area contributed by atoms with Crippen LogP contribution in [-0.4, -0.2) is 38.6 Å². The molecule has 4 aromatic heterocycles. The first-order chi connectivity index (χ1) is 20.3. The molecule has 0 N–H and O–H groups in total. The van der Waals surface area contributed by atoms with Crippen molar-refractivity contribution in [2.45, 2.75) is 0 Å². The summed E-state index contributed by atoms with van der Waals surface area (Å²) in [5.41, 5.74) is 4.22. The van der Waals surface area contributed by atoms with E-state index in [2.05, 4.69) is 118 Å². The van der Waals surface area contributed by atoms with Crippen molar-refractivity contribution in [2.24, 2.45) is 0 Å². The SMILES string of the molecule is c1ccc(-c2nc(-n3c4ccccc4c4ccccc43)nc(-n3c4ccccc4c4c5ccccc5[se]c43)n2)cc1. The maximum absolute atomic E-state index is 5.25. The van der Waals surface area contributed by atoms with Crippen LogP contribution in [0.2, 0.25) is 0 Å². The summed E-state index contributed by atoms with van der Waals surface area (Å²) < 4.78 is 7.12. The van der Waals surface area contributed by atoms with Crippen LogP contribution in [0.5, 0.6) is 0 Å². The molecule has 0 spiro atoms. The van der Waals surface area contributed by atoms with Crippen LogP contribution in [0.4, 0.5) is 0 Å². The molecule has 4 heterocycles. The van der Waals surface area contributed by atoms with Crippen LogP contribution in [-0.2, 0) is 0 Å². The molecule has 0 amide bonds. The molecule has 9 aromatic rings. The zero-order valence-electron chi connectivity index (χ0n) is 21.8. The molecule has 41 heavy (non-hydrogen) atoms. The number of rotatable bonds is 3. The number of aromatic nitrogens is 5. The van der Waals surface area contributed by atoms with Gasteiger partial charge in [0.15, 0.2) is 0 Å². The number of fused-ring (bicyclic) bond motifs is 8. The Balaban J connectivity index is 1.43. The second-order valence-corrected chi connectivity index (χ2v) is 12.3. The van der Waals surface area contributed by atoms with Gasteiger partial charge >= 0.3 is 241 Å². The van der Waals surface area contributed by atoms with Crippen molar-refractivity contribution in [3.8, 4) is 23.3 Å². The summed E-state index contributed by atoms with van der Waals surface area (Å²) in [5.74, 6) is 1.91. The first kappa shape index (κ1) is 22.8. The molecule has 0 aliphatic carbocycles. The summed E-state index contributed by atoms with van der Waals surface area (Å²) in [4.78, 5) is 15.5. The minimum absolute atomic E-state index is 0.123. The molecule has 5 nitrogen and oxygen atoms in total. The van der Waals surface area contributed by atoms with E-state index in [1.807, 2.05) is 18.2 Å². The van der Waals surface area contributed by atoms with Gasteiger partial charge in [-0.25, -0.2) is 0 Å². The molecule has 9 rings (SSSR count). The summed E-state index contributed by atoms with van der Waals surface area (Å²) in [7, 11) is 0. The summed E-state index contributed by atoms with van der Waals surface area (Å²) >= 11 is 0.123. The third-order valence-corrected chi connectivity index (χ3v) is 10.2. The van der Waals surface area contributed by atoms with Gasteiger partial charge in [0.1, 0.15) is 0 Å². The van der Waals surface area contributed by atoms with Gasteiger partial charge in [-0.3, -0.25) is 0 Å². The second kappa shape index (κ2) is 8.73. The Morgan fingerprint density at radius 2 is 0.951 bits per heavy atom. The summed E-state index contributed by atoms with van der Waals surface area (Å²) in [5, 5.41) is 6.21. The number of para-hydroxylation sites is 3. The molecule has 5 aromatic carbocycles. The van der Waals surface area contributed by atoms with E-state index in [9.17, 15) is 0 Å². The van der Waals surface area contributed by atoms with E-state index in [0.717, 1.165) is 22.1 Å². The van der Waals surface area contributed by atoms with E-state index in [-0.39, 0.29) is 14.5 Å². The molecule has 0 unspecified atom stereocenters. The topological polar surface area (TPSA) is 48.5 Å². The van der Waals surface area contributed by atoms with Crippen LogP contribution >= 0.6 is 0 Å². The Morgan fingerprint density at radius 3 is 1.63 bits per heavy atom. The summed E-state index contributed by atoms with van der Waals surface area (Å²) in [6.07, 6.45) is 0. The Bertz CT molecular complexity index is 2380. The zero-order chi connectivity index (χ0) is 26.9. The third-order valence-electron chi connectivity index (χ3n) is 7.82. The van der Waals surface area contributed by atoms with Crippen molar-refractivity contribution >= 4 is 66.6 Å². The molecule has 0 saturated carbocycles. The Morgan fingerprint density at radius 1 is 0.439 bits per heavy atom. The molecular formula is C35H21N5Se. The molecule has 192 valence electrons. The van der Waals surface area contributed by atoms with Crippen LogP contribution in [0.25, 0.3) is 75.4 Å². The van der Waals surface area contributed by atoms with Crippen LogP contribution in [0.1, 0.15) is 0 Å². The molecule has 0 bridgehead atoms. The third kappa shape index (κ3) is 3.32. The van der Waals surface area contributed by atoms with Crippen molar-refractivity contribution in [2.75, 3.05) is 0 Å². The standard InChI is InChI=1S/C35H21N5Se/c1-2-12-22(13-3-1)32-36-34(39-27-18-8-4-14-23(27)24-15-5-9-19-28(24)39)38-35(37-32)40-29-20-10-6-16-25(29)31-26-17-7-11-21-30(26)41-33(31)40/h1-21H. The van der Waals surface area contributed by atoms with Crippen molar-refractivity contribution in [3.05, 3.63) is 127 Å². The van der Waals surface area contributed by atoms with E-state index in [1.165, 1.54) is 35.6 Å². The molecule has 0 fully saturated rings. The first-order valence-corrected chi connectivity index (χ1v) is 15.3. The molecule has 0 aliphatic heterocycles. The molecule has 0 atom stereocenters. The van der Waals surface area contributed by atoms with Crippen molar-refractivity contribution in [3.63, 3.8) is 0 Å². The van der Waals surface area contributed by atoms with E-state index >= 15 is 0 Å². The fourth-order valence-electron chi connectivity index (χ4n) is 6.05. The van der Waals surface area contributed by atoms with E-state index in [0.29, 0.717) is 17.7 Å². The predicted octanol–water partition coefficient (Wildman–Crippen LogP) is 7.94. The number of benzene rings is 5. The van der Waals surface area contributed by atoms with E-state index in [4.69, 9.17) is 15.0 Å². The quantitative estimate of drug-likeness (QED) is 0.196. The van der Waals surface area contributed by atoms with Crippen LogP contribution in [0.15, 0.2) is 127 Å². The van der Waals surface area contributed by atoms with Crippen molar-refractivity contribution in [1.29, 1.82) is 0 Å². The van der Waals surface area contributed by atoms with Gasteiger partial charge < -0.3 is 0 Å². The predicted molar refractivity (Wildman–Crippen MR) is 168 cm³/mol. The normalized spacial score (nSPS) is 11.9. The van der Waals surface area contributed by atoms with Gasteiger partial charge in [-0.05, 0) is 0 Å². The Labute approximate surface area is 240 Å². The van der Waals surface area contributed by atoms with Crippen LogP contribution < -0.4 is 0 Å². The van der Waals surface area contributed by atoms with E-state index in [1.54, 1.807) is 0 Å². The van der Waals surface area contributed by atoms with Gasteiger partial charge in [0, 0.05) is 0 Å². The molecular weight excluding hydrogens is 569 g/mol. The molecule has 6 heteroatoms. The molecule has 0 aliphatic rings. The van der Waals surface area contributed by atoms with E-state index < -0.39 is 0 Å². The van der Waals surface area contributed by atoms with Gasteiger partial charge in [0.05, 0.1) is 0 Å². The summed E-state index contributed by atoms with van der Waals surface area (Å²) in [6, 6.07) is 44.5. The average molecular weight is 591 g/mol. The monoisotopic (exact) mass is 591 g/mol. The Hall–Kier alpha value is -5.03. The first-order valence-electron chi connectivity index (χ1n) is 13.6. The second-order valence-electron chi connectivity index (χ2n) is 10.1. The number of nitrogens with zero attached hydrogens (tertiary/aromatic N) is 5. The van der Waals surface area contributed by atoms with Gasteiger partial charge in [0.25, 0.3) is 0 Å². The Kier molecular flexibility index (Phi) is 4.85. The minimum atomic E-state index is 0.123. The van der Waals surface area contributed by atoms with Crippen molar-refractivity contribution < 1.29 is 0 Å². The van der Waals surface area contributed by atoms with Crippen molar-refractivity contribution in [1.82, 2.24) is 24.1 Å².